The molecule has 5 fully saturated rings. The highest BCUT2D eigenvalue weighted by Crippen LogP contribution is 2.60. The fraction of sp³-hybridized carbons (Fsp3) is 0.667. The highest BCUT2D eigenvalue weighted by molar-refractivity contribution is 9.10. The van der Waals surface area contributed by atoms with Crippen molar-refractivity contribution in [3.63, 3.8) is 0 Å². The van der Waals surface area contributed by atoms with Crippen LogP contribution < -0.4 is 15.4 Å². The third-order valence-electron chi connectivity index (χ3n) is 8.81. The van der Waals surface area contributed by atoms with Crippen molar-refractivity contribution < 1.29 is 18.4 Å². The highest BCUT2D eigenvalue weighted by atomic mass is 79.9. The number of para-hydroxylation sites is 1. The van der Waals surface area contributed by atoms with E-state index in [1.807, 2.05) is 6.07 Å². The molecule has 5 saturated carbocycles. The number of nitrogens with one attached hydrogen (secondary N) is 1. The van der Waals surface area contributed by atoms with Gasteiger partial charge in [0.2, 0.25) is 11.8 Å². The van der Waals surface area contributed by atoms with Crippen molar-refractivity contribution in [1.29, 1.82) is 0 Å². The number of carbonyl (C=O) groups is 2. The number of benzene rings is 1. The van der Waals surface area contributed by atoms with Crippen LogP contribution >= 0.6 is 15.9 Å². The number of hydrogen-bond acceptors (Lipinski definition) is 4. The number of nitrogens with two attached hydrogens (primary N) is 1. The summed E-state index contributed by atoms with van der Waals surface area (Å²) in [6.07, 6.45) is 7.92. The molecule has 7 nitrogen and oxygen atoms in total. The Labute approximate surface area is 205 Å². The molecule has 0 radical (unpaired) electrons. The lowest BCUT2D eigenvalue weighted by atomic mass is 9.47. The molecule has 4 bridgehead atoms. The van der Waals surface area contributed by atoms with Gasteiger partial charge < -0.3 is 15.6 Å². The van der Waals surface area contributed by atoms with E-state index in [4.69, 9.17) is 5.73 Å². The molecule has 33 heavy (non-hydrogen) atoms. The SMILES string of the molecule is NC(=O)C12CC3CC(C1)C(NC(=O)C1(N(c4ccccc4Br)S(=O)[O-])CCCCC1)C(C3)C2. The molecule has 180 valence electrons. The smallest absolute Gasteiger partial charge is 0.247 e. The first kappa shape index (κ1) is 23.3. The maximum absolute atomic E-state index is 14.0. The molecule has 0 saturated heterocycles. The monoisotopic (exact) mass is 536 g/mol. The first-order valence-electron chi connectivity index (χ1n) is 12.0. The van der Waals surface area contributed by atoms with Crippen LogP contribution in [-0.4, -0.2) is 32.2 Å². The lowest BCUT2D eigenvalue weighted by Crippen LogP contribution is -2.67. The second-order valence-corrected chi connectivity index (χ2v) is 12.3. The minimum Gasteiger partial charge on any atom is -0.755 e. The van der Waals surface area contributed by atoms with E-state index >= 15 is 0 Å². The van der Waals surface area contributed by atoms with Gasteiger partial charge in [-0.15, -0.1) is 0 Å². The molecular formula is C24H31BrN3O4S-. The molecule has 5 aliphatic rings. The maximum Gasteiger partial charge on any atom is 0.247 e. The number of amides is 2. The van der Waals surface area contributed by atoms with Gasteiger partial charge in [0, 0.05) is 27.2 Å². The van der Waals surface area contributed by atoms with E-state index in [1.54, 1.807) is 18.2 Å². The standard InChI is InChI=1S/C24H32BrN3O4S/c25-18-6-2-3-7-19(18)28(33(31)32)24(8-4-1-5-9-24)22(30)27-20-16-10-15-11-17(20)14-23(12-15,13-16)21(26)29/h2-3,6-7,15-17,20H,1,4-5,8-14H2,(H2,26,29)(H,27,30)(H,31,32)/p-1. The Morgan fingerprint density at radius 3 is 2.30 bits per heavy atom. The molecule has 0 aliphatic heterocycles. The minimum atomic E-state index is -2.61. The minimum absolute atomic E-state index is 0.0264. The first-order valence-corrected chi connectivity index (χ1v) is 13.8. The Morgan fingerprint density at radius 1 is 1.09 bits per heavy atom. The maximum atomic E-state index is 14.0. The molecule has 5 aliphatic carbocycles. The van der Waals surface area contributed by atoms with E-state index in [0.29, 0.717) is 28.9 Å². The molecule has 3 N–H and O–H groups in total. The summed E-state index contributed by atoms with van der Waals surface area (Å²) in [6, 6.07) is 7.13. The lowest BCUT2D eigenvalue weighted by Gasteiger charge is -2.59. The van der Waals surface area contributed by atoms with Crippen molar-refractivity contribution in [2.24, 2.45) is 28.9 Å². The normalized spacial score (nSPS) is 35.1. The number of anilines is 1. The zero-order valence-electron chi connectivity index (χ0n) is 18.6. The fourth-order valence-electron chi connectivity index (χ4n) is 7.58. The molecule has 1 aromatic rings. The first-order chi connectivity index (χ1) is 15.8. The average Bonchev–Trinajstić information content (AvgIpc) is 2.77. The zero-order valence-corrected chi connectivity index (χ0v) is 21.0. The fourth-order valence-corrected chi connectivity index (χ4v) is 9.03. The van der Waals surface area contributed by atoms with Crippen LogP contribution in [0.25, 0.3) is 0 Å². The molecule has 3 unspecified atom stereocenters. The van der Waals surface area contributed by atoms with Gasteiger partial charge >= 0.3 is 0 Å². The van der Waals surface area contributed by atoms with Crippen LogP contribution in [0.15, 0.2) is 28.7 Å². The molecule has 0 heterocycles. The predicted molar refractivity (Wildman–Crippen MR) is 128 cm³/mol. The summed E-state index contributed by atoms with van der Waals surface area (Å²) < 4.78 is 27.1. The Hall–Kier alpha value is -1.45. The summed E-state index contributed by atoms with van der Waals surface area (Å²) in [5.41, 5.74) is 4.74. The molecule has 3 atom stereocenters. The van der Waals surface area contributed by atoms with E-state index in [9.17, 15) is 18.4 Å². The molecule has 0 aromatic heterocycles. The van der Waals surface area contributed by atoms with E-state index in [1.165, 1.54) is 4.31 Å². The van der Waals surface area contributed by atoms with E-state index in [-0.39, 0.29) is 29.7 Å². The predicted octanol–water partition coefficient (Wildman–Crippen LogP) is 3.55. The van der Waals surface area contributed by atoms with Gasteiger partial charge in [-0.3, -0.25) is 18.1 Å². The number of rotatable bonds is 6. The third kappa shape index (κ3) is 3.84. The van der Waals surface area contributed by atoms with Crippen LogP contribution in [0, 0.1) is 23.2 Å². The zero-order chi connectivity index (χ0) is 23.4. The summed E-state index contributed by atoms with van der Waals surface area (Å²) in [5, 5.41) is 3.33. The summed E-state index contributed by atoms with van der Waals surface area (Å²) >= 11 is 0.869. The van der Waals surface area contributed by atoms with Gasteiger partial charge in [-0.05, 0) is 90.8 Å². The Balaban J connectivity index is 1.46. The van der Waals surface area contributed by atoms with Crippen molar-refractivity contribution in [3.8, 4) is 0 Å². The molecule has 2 amide bonds. The number of halogens is 1. The van der Waals surface area contributed by atoms with Crippen LogP contribution in [0.4, 0.5) is 5.69 Å². The van der Waals surface area contributed by atoms with Crippen molar-refractivity contribution >= 4 is 44.7 Å². The van der Waals surface area contributed by atoms with Gasteiger partial charge in [-0.25, -0.2) is 0 Å². The summed E-state index contributed by atoms with van der Waals surface area (Å²) in [5.74, 6) is 0.550. The van der Waals surface area contributed by atoms with Gasteiger partial charge in [0.25, 0.3) is 0 Å². The van der Waals surface area contributed by atoms with Gasteiger partial charge in [-0.1, -0.05) is 31.4 Å². The van der Waals surface area contributed by atoms with Crippen LogP contribution in [0.5, 0.6) is 0 Å². The van der Waals surface area contributed by atoms with Crippen molar-refractivity contribution in [2.45, 2.75) is 75.8 Å². The Morgan fingerprint density at radius 2 is 1.73 bits per heavy atom. The molecule has 9 heteroatoms. The molecule has 0 spiro atoms. The topological polar surface area (TPSA) is 116 Å². The van der Waals surface area contributed by atoms with Gasteiger partial charge in [0.1, 0.15) is 5.54 Å². The van der Waals surface area contributed by atoms with Crippen LogP contribution in [-0.2, 0) is 20.9 Å². The second kappa shape index (κ2) is 8.64. The van der Waals surface area contributed by atoms with Gasteiger partial charge in [0.05, 0.1) is 5.69 Å². The average molecular weight is 538 g/mol. The highest BCUT2D eigenvalue weighted by Gasteiger charge is 2.59. The largest absolute Gasteiger partial charge is 0.755 e. The Kier molecular flexibility index (Phi) is 6.10. The molecule has 6 rings (SSSR count). The van der Waals surface area contributed by atoms with E-state index < -0.39 is 22.2 Å². The Bertz CT molecular complexity index is 966. The number of nitrogens with zero attached hydrogens (tertiary/aromatic N) is 1. The number of primary amides is 1. The molecule has 1 aromatic carbocycles. The van der Waals surface area contributed by atoms with Crippen molar-refractivity contribution in [1.82, 2.24) is 5.32 Å². The summed E-state index contributed by atoms with van der Waals surface area (Å²) in [6.45, 7) is 0. The van der Waals surface area contributed by atoms with Crippen LogP contribution in [0.3, 0.4) is 0 Å². The van der Waals surface area contributed by atoms with E-state index in [2.05, 4.69) is 21.2 Å². The van der Waals surface area contributed by atoms with E-state index in [0.717, 1.165) is 51.4 Å². The second-order valence-electron chi connectivity index (χ2n) is 10.7. The number of carbonyl (C=O) groups excluding carboxylic acids is 2. The summed E-state index contributed by atoms with van der Waals surface area (Å²) in [4.78, 5) is 26.3. The lowest BCUT2D eigenvalue weighted by molar-refractivity contribution is -0.148. The third-order valence-corrected chi connectivity index (χ3v) is 10.3. The van der Waals surface area contributed by atoms with Gasteiger partial charge in [0.15, 0.2) is 0 Å². The molecular weight excluding hydrogens is 506 g/mol. The quantitative estimate of drug-likeness (QED) is 0.540. The van der Waals surface area contributed by atoms with Crippen LogP contribution in [0.1, 0.15) is 64.2 Å². The van der Waals surface area contributed by atoms with Crippen LogP contribution in [0.2, 0.25) is 0 Å². The van der Waals surface area contributed by atoms with Crippen molar-refractivity contribution in [3.05, 3.63) is 28.7 Å². The number of hydrogen-bond donors (Lipinski definition) is 2. The van der Waals surface area contributed by atoms with Crippen molar-refractivity contribution in [2.75, 3.05) is 4.31 Å². The van der Waals surface area contributed by atoms with Gasteiger partial charge in [-0.2, -0.15) is 0 Å². The summed E-state index contributed by atoms with van der Waals surface area (Å²) in [7, 11) is 0.